The van der Waals surface area contributed by atoms with Crippen LogP contribution in [0.5, 0.6) is 0 Å². The molecule has 0 spiro atoms. The van der Waals surface area contributed by atoms with Crippen molar-refractivity contribution in [2.75, 3.05) is 0 Å². The van der Waals surface area contributed by atoms with Crippen LogP contribution in [0.15, 0.2) is 438 Å². The number of rotatable bonds is 11. The molecule has 0 aliphatic rings. The lowest BCUT2D eigenvalue weighted by Gasteiger charge is -2.13. The van der Waals surface area contributed by atoms with Crippen molar-refractivity contribution in [2.24, 2.45) is 0 Å². The molecule has 0 saturated carbocycles. The SMILES string of the molecule is c1ccc(-c2nc(-c3ccccc3)c3cc(-c4ccc(-c5cccc6c5oc5ccccc56)cc4)ccc3n2)cc1.c1ccc(-c2nc(-c3ccccc3)c3ccc(-c4ccc(-c5cccc6c5oc5ccccc56)cc4)cc3n2)cc1.c1ccc(-c2nc3c(ccc4ccccc43)nc2-c2ccc(-c3cccc4oc5ccccc5c34)cc2)cc1. The topological polar surface area (TPSA) is 117 Å². The lowest BCUT2D eigenvalue weighted by atomic mass is 9.97. The van der Waals surface area contributed by atoms with Crippen LogP contribution in [-0.4, -0.2) is 29.9 Å². The zero-order valence-electron chi connectivity index (χ0n) is 65.3. The zero-order valence-corrected chi connectivity index (χ0v) is 65.3. The van der Waals surface area contributed by atoms with Gasteiger partial charge in [0.2, 0.25) is 0 Å². The van der Waals surface area contributed by atoms with Crippen molar-refractivity contribution in [3.05, 3.63) is 425 Å². The lowest BCUT2D eigenvalue weighted by molar-refractivity contribution is 0.669. The van der Waals surface area contributed by atoms with Crippen molar-refractivity contribution in [1.82, 2.24) is 29.9 Å². The number of aromatic nitrogens is 6. The van der Waals surface area contributed by atoms with E-state index in [-0.39, 0.29) is 0 Å². The van der Waals surface area contributed by atoms with Gasteiger partial charge in [-0.2, -0.15) is 0 Å². The van der Waals surface area contributed by atoms with Crippen LogP contribution in [-0.2, 0) is 0 Å². The summed E-state index contributed by atoms with van der Waals surface area (Å²) >= 11 is 0. The molecular formula is C112H70N6O3. The summed E-state index contributed by atoms with van der Waals surface area (Å²) in [7, 11) is 0. The number of benzene rings is 18. The van der Waals surface area contributed by atoms with Gasteiger partial charge >= 0.3 is 0 Å². The van der Waals surface area contributed by atoms with Gasteiger partial charge in [0.25, 0.3) is 0 Å². The molecule has 566 valence electrons. The number of fused-ring (bicyclic) bond motifs is 14. The summed E-state index contributed by atoms with van der Waals surface area (Å²) < 4.78 is 18.7. The number of hydrogen-bond donors (Lipinski definition) is 0. The Morgan fingerprint density at radius 1 is 0.165 bits per heavy atom. The highest BCUT2D eigenvalue weighted by Crippen LogP contribution is 2.44. The minimum Gasteiger partial charge on any atom is -0.456 e. The fourth-order valence-electron chi connectivity index (χ4n) is 16.9. The number of furan rings is 3. The van der Waals surface area contributed by atoms with E-state index in [1.807, 2.05) is 121 Å². The van der Waals surface area contributed by atoms with Crippen LogP contribution in [0.25, 0.3) is 233 Å². The normalized spacial score (nSPS) is 11.5. The summed E-state index contributed by atoms with van der Waals surface area (Å²) in [5.74, 6) is 1.46. The minimum absolute atomic E-state index is 0.725. The fraction of sp³-hybridized carbons (Fsp3) is 0. The summed E-state index contributed by atoms with van der Waals surface area (Å²) in [6, 6.07) is 146. The molecule has 0 atom stereocenters. The predicted octanol–water partition coefficient (Wildman–Crippen LogP) is 30.1. The molecule has 0 radical (unpaired) electrons. The quantitative estimate of drug-likeness (QED) is 0.117. The van der Waals surface area contributed by atoms with E-state index in [0.29, 0.717) is 0 Å². The van der Waals surface area contributed by atoms with E-state index in [2.05, 4.69) is 303 Å². The van der Waals surface area contributed by atoms with Crippen molar-refractivity contribution >= 4 is 109 Å². The van der Waals surface area contributed by atoms with Crippen LogP contribution >= 0.6 is 0 Å². The van der Waals surface area contributed by atoms with Gasteiger partial charge in [-0.3, -0.25) is 0 Å². The molecule has 0 saturated heterocycles. The molecule has 0 amide bonds. The van der Waals surface area contributed by atoms with Crippen LogP contribution in [0, 0.1) is 0 Å². The molecular weight excluding hydrogens is 1480 g/mol. The van der Waals surface area contributed by atoms with Gasteiger partial charge in [-0.15, -0.1) is 0 Å². The largest absolute Gasteiger partial charge is 0.456 e. The molecule has 6 heterocycles. The Bertz CT molecular complexity index is 8030. The molecule has 24 rings (SSSR count). The number of para-hydroxylation sites is 5. The molecule has 0 fully saturated rings. The molecule has 6 aromatic heterocycles. The van der Waals surface area contributed by atoms with E-state index in [1.54, 1.807) is 0 Å². The maximum Gasteiger partial charge on any atom is 0.160 e. The van der Waals surface area contributed by atoms with Crippen molar-refractivity contribution < 1.29 is 13.3 Å². The Hall–Kier alpha value is -16.4. The first-order chi connectivity index (χ1) is 60.0. The summed E-state index contributed by atoms with van der Waals surface area (Å²) in [5, 5.41) is 11.2. The molecule has 9 heteroatoms. The van der Waals surface area contributed by atoms with Gasteiger partial charge in [0.15, 0.2) is 11.6 Å². The van der Waals surface area contributed by atoms with Crippen LogP contribution in [0.4, 0.5) is 0 Å². The van der Waals surface area contributed by atoms with Crippen molar-refractivity contribution in [2.45, 2.75) is 0 Å². The molecule has 9 nitrogen and oxygen atoms in total. The first kappa shape index (κ1) is 71.2. The highest BCUT2D eigenvalue weighted by atomic mass is 16.3. The molecule has 24 aromatic rings. The van der Waals surface area contributed by atoms with Gasteiger partial charge in [-0.1, -0.05) is 370 Å². The van der Waals surface area contributed by atoms with Gasteiger partial charge in [0.05, 0.1) is 44.8 Å². The van der Waals surface area contributed by atoms with E-state index in [4.69, 9.17) is 43.2 Å². The van der Waals surface area contributed by atoms with E-state index in [0.717, 1.165) is 233 Å². The maximum absolute atomic E-state index is 6.28. The van der Waals surface area contributed by atoms with Crippen molar-refractivity contribution in [1.29, 1.82) is 0 Å². The Labute approximate surface area is 696 Å². The second-order valence-corrected chi connectivity index (χ2v) is 30.2. The molecule has 0 bridgehead atoms. The van der Waals surface area contributed by atoms with E-state index >= 15 is 0 Å². The average Bonchev–Trinajstić information content (AvgIpc) is 1.72. The highest BCUT2D eigenvalue weighted by Gasteiger charge is 2.21. The smallest absolute Gasteiger partial charge is 0.160 e. The van der Waals surface area contributed by atoms with Gasteiger partial charge in [0, 0.05) is 93.0 Å². The zero-order chi connectivity index (χ0) is 80.1. The average molecular weight is 1550 g/mol. The highest BCUT2D eigenvalue weighted by molar-refractivity contribution is 6.14. The van der Waals surface area contributed by atoms with E-state index in [9.17, 15) is 0 Å². The van der Waals surface area contributed by atoms with E-state index in [1.165, 1.54) is 0 Å². The van der Waals surface area contributed by atoms with Crippen LogP contribution in [0.3, 0.4) is 0 Å². The summed E-state index contributed by atoms with van der Waals surface area (Å²) in [6.07, 6.45) is 0. The molecule has 0 aliphatic carbocycles. The van der Waals surface area contributed by atoms with E-state index < -0.39 is 0 Å². The van der Waals surface area contributed by atoms with Gasteiger partial charge in [-0.05, 0) is 104 Å². The van der Waals surface area contributed by atoms with Crippen LogP contribution in [0.1, 0.15) is 0 Å². The van der Waals surface area contributed by atoms with Crippen molar-refractivity contribution in [3.8, 4) is 123 Å². The summed E-state index contributed by atoms with van der Waals surface area (Å²) in [6.45, 7) is 0. The number of hydrogen-bond acceptors (Lipinski definition) is 9. The van der Waals surface area contributed by atoms with Gasteiger partial charge in [-0.25, -0.2) is 29.9 Å². The maximum atomic E-state index is 6.28. The monoisotopic (exact) mass is 1550 g/mol. The number of nitrogens with zero attached hydrogens (tertiary/aromatic N) is 6. The Morgan fingerprint density at radius 2 is 0.537 bits per heavy atom. The Balaban J connectivity index is 0.000000109. The first-order valence-electron chi connectivity index (χ1n) is 40.6. The summed E-state index contributed by atoms with van der Waals surface area (Å²) in [4.78, 5) is 30.4. The third kappa shape index (κ3) is 13.4. The van der Waals surface area contributed by atoms with Crippen molar-refractivity contribution in [3.63, 3.8) is 0 Å². The summed E-state index contributed by atoms with van der Waals surface area (Å²) in [5.41, 5.74) is 30.2. The minimum atomic E-state index is 0.725. The second kappa shape index (κ2) is 30.7. The lowest BCUT2D eigenvalue weighted by Crippen LogP contribution is -1.96. The predicted molar refractivity (Wildman–Crippen MR) is 498 cm³/mol. The Kier molecular flexibility index (Phi) is 18.1. The van der Waals surface area contributed by atoms with Crippen LogP contribution < -0.4 is 0 Å². The van der Waals surface area contributed by atoms with Crippen LogP contribution in [0.2, 0.25) is 0 Å². The van der Waals surface area contributed by atoms with Gasteiger partial charge < -0.3 is 13.3 Å². The molecule has 0 unspecified atom stereocenters. The van der Waals surface area contributed by atoms with Gasteiger partial charge in [0.1, 0.15) is 33.5 Å². The molecule has 0 aliphatic heterocycles. The molecule has 0 N–H and O–H groups in total. The molecule has 18 aromatic carbocycles. The third-order valence-corrected chi connectivity index (χ3v) is 22.9. The standard InChI is InChI=1S/2C38H24N2O.C36H22N2O/c1-3-10-27(11-4-1)36-33-24-29(22-23-34(33)39-38(40-36)28-12-5-2-6-13-28)25-18-20-26(21-19-25)30-15-9-16-32-31-14-7-8-17-35(31)41-37(30)32;1-3-10-27(11-4-1)36-33-23-22-29(24-34(33)39-38(40-36)28-12-5-2-6-13-28)25-18-20-26(21-19-25)30-15-9-16-32-31-14-7-8-17-35(31)41-37(30)32;1-2-10-25(11-3-1)35-34(37-30-22-21-23-9-4-5-12-28(23)36(30)38-35)26-19-17-24(18-20-26)27-14-8-16-32-33(27)29-13-6-7-15-31(29)39-32/h2*1-24H;1-22H. The molecule has 121 heavy (non-hydrogen) atoms. The fourth-order valence-corrected chi connectivity index (χ4v) is 16.9. The Morgan fingerprint density at radius 3 is 1.10 bits per heavy atom. The second-order valence-electron chi connectivity index (χ2n) is 30.2. The third-order valence-electron chi connectivity index (χ3n) is 22.9. The first-order valence-corrected chi connectivity index (χ1v) is 40.6.